The number of rotatable bonds is 5. The van der Waals surface area contributed by atoms with Crippen LogP contribution in [0.15, 0.2) is 22.5 Å². The van der Waals surface area contributed by atoms with Crippen LogP contribution in [-0.4, -0.2) is 41.5 Å². The van der Waals surface area contributed by atoms with E-state index < -0.39 is 12.9 Å². The van der Waals surface area contributed by atoms with Crippen LogP contribution >= 0.6 is 23.1 Å². The lowest BCUT2D eigenvalue weighted by atomic mass is 9.77. The molecule has 0 saturated carbocycles. The van der Waals surface area contributed by atoms with Gasteiger partial charge in [-0.3, -0.25) is 0 Å². The maximum atomic E-state index is 13.1. The van der Waals surface area contributed by atoms with Gasteiger partial charge in [0.25, 0.3) is 0 Å². The Hall–Kier alpha value is -1.16. The number of hydrogen-bond acceptors (Lipinski definition) is 7. The summed E-state index contributed by atoms with van der Waals surface area (Å²) in [5.41, 5.74) is 0.836. The highest BCUT2D eigenvalue weighted by Gasteiger charge is 2.17. The average Bonchev–Trinajstić information content (AvgIpc) is 2.86. The monoisotopic (exact) mass is 313 g/mol. The zero-order valence-corrected chi connectivity index (χ0v) is 12.6. The summed E-state index contributed by atoms with van der Waals surface area (Å²) in [5.74, 6) is -0.0254. The minimum Gasteiger partial charge on any atom is -0.423 e. The molecule has 0 aliphatic carbocycles. The van der Waals surface area contributed by atoms with E-state index in [9.17, 15) is 14.4 Å². The number of benzene rings is 1. The molecule has 106 valence electrons. The van der Waals surface area contributed by atoms with E-state index >= 15 is 0 Å². The summed E-state index contributed by atoms with van der Waals surface area (Å²) in [6.45, 7) is 0. The first-order chi connectivity index (χ1) is 9.47. The van der Waals surface area contributed by atoms with Gasteiger partial charge in [0.2, 0.25) is 5.13 Å². The van der Waals surface area contributed by atoms with Gasteiger partial charge in [0, 0.05) is 19.8 Å². The second-order valence-electron chi connectivity index (χ2n) is 4.25. The van der Waals surface area contributed by atoms with Crippen LogP contribution in [0.3, 0.4) is 0 Å². The predicted octanol–water partition coefficient (Wildman–Crippen LogP) is 0.715. The first kappa shape index (κ1) is 15.2. The summed E-state index contributed by atoms with van der Waals surface area (Å²) >= 11 is 2.87. The molecule has 0 spiro atoms. The van der Waals surface area contributed by atoms with Gasteiger partial charge in [0.05, 0.1) is 0 Å². The molecule has 1 aromatic carbocycles. The Balaban J connectivity index is 2.10. The smallest absolute Gasteiger partial charge is 0.423 e. The Morgan fingerprint density at radius 3 is 2.70 bits per heavy atom. The molecule has 5 nitrogen and oxygen atoms in total. The molecule has 0 fully saturated rings. The normalized spacial score (nSPS) is 10.7. The van der Waals surface area contributed by atoms with Gasteiger partial charge >= 0.3 is 7.12 Å². The summed E-state index contributed by atoms with van der Waals surface area (Å²) in [4.78, 5) is 1.86. The summed E-state index contributed by atoms with van der Waals surface area (Å²) in [6, 6.07) is 3.98. The van der Waals surface area contributed by atoms with E-state index in [0.717, 1.165) is 15.5 Å². The van der Waals surface area contributed by atoms with Crippen molar-refractivity contribution in [1.82, 2.24) is 10.2 Å². The number of aromatic nitrogens is 2. The molecule has 2 N–H and O–H groups in total. The van der Waals surface area contributed by atoms with Crippen molar-refractivity contribution in [3.63, 3.8) is 0 Å². The van der Waals surface area contributed by atoms with Crippen LogP contribution < -0.4 is 10.4 Å². The van der Waals surface area contributed by atoms with Crippen molar-refractivity contribution in [1.29, 1.82) is 0 Å². The highest BCUT2D eigenvalue weighted by molar-refractivity contribution is 8.00. The average molecular weight is 313 g/mol. The van der Waals surface area contributed by atoms with Crippen LogP contribution in [-0.2, 0) is 5.75 Å². The van der Waals surface area contributed by atoms with Crippen LogP contribution in [0.25, 0.3) is 0 Å². The topological polar surface area (TPSA) is 69.5 Å². The Morgan fingerprint density at radius 1 is 1.35 bits per heavy atom. The molecule has 9 heteroatoms. The van der Waals surface area contributed by atoms with Gasteiger partial charge in [-0.15, -0.1) is 10.2 Å². The van der Waals surface area contributed by atoms with E-state index in [1.807, 2.05) is 19.0 Å². The number of anilines is 1. The molecule has 0 atom stereocenters. The van der Waals surface area contributed by atoms with E-state index in [-0.39, 0.29) is 5.46 Å². The maximum Gasteiger partial charge on any atom is 0.488 e. The standard InChI is InChI=1S/C11H13BFN3O2S2/c1-16(2)10-14-15-11(20-10)19-6-7-3-4-8(13)5-9(7)12(17)18/h3-5,17-18H,6H2,1-2H3. The Kier molecular flexibility index (Phi) is 4.98. The molecule has 0 unspecified atom stereocenters. The van der Waals surface area contributed by atoms with Crippen molar-refractivity contribution in [2.24, 2.45) is 0 Å². The molecule has 0 saturated heterocycles. The fraction of sp³-hybridized carbons (Fsp3) is 0.273. The van der Waals surface area contributed by atoms with Crippen LogP contribution in [0, 0.1) is 5.82 Å². The number of halogens is 1. The van der Waals surface area contributed by atoms with Gasteiger partial charge in [-0.2, -0.15) is 0 Å². The Morgan fingerprint density at radius 2 is 2.10 bits per heavy atom. The third-order valence-corrected chi connectivity index (χ3v) is 4.79. The molecule has 1 aromatic heterocycles. The SMILES string of the molecule is CN(C)c1nnc(SCc2ccc(F)cc2B(O)O)s1. The van der Waals surface area contributed by atoms with Gasteiger partial charge in [-0.25, -0.2) is 4.39 Å². The third kappa shape index (κ3) is 3.69. The zero-order valence-electron chi connectivity index (χ0n) is 10.9. The maximum absolute atomic E-state index is 13.1. The van der Waals surface area contributed by atoms with Crippen molar-refractivity contribution in [2.45, 2.75) is 10.1 Å². The van der Waals surface area contributed by atoms with Crippen molar-refractivity contribution < 1.29 is 14.4 Å². The molecule has 0 aliphatic rings. The molecule has 2 rings (SSSR count). The fourth-order valence-electron chi connectivity index (χ4n) is 1.52. The van der Waals surface area contributed by atoms with E-state index in [4.69, 9.17) is 0 Å². The van der Waals surface area contributed by atoms with Crippen LogP contribution in [0.5, 0.6) is 0 Å². The molecule has 2 aromatic rings. The highest BCUT2D eigenvalue weighted by atomic mass is 32.2. The van der Waals surface area contributed by atoms with Gasteiger partial charge in [0.15, 0.2) is 4.34 Å². The summed E-state index contributed by atoms with van der Waals surface area (Å²) in [6.07, 6.45) is 0. The van der Waals surface area contributed by atoms with Crippen molar-refractivity contribution in [3.8, 4) is 0 Å². The summed E-state index contributed by atoms with van der Waals surface area (Å²) < 4.78 is 13.9. The Bertz CT molecular complexity index is 595. The quantitative estimate of drug-likeness (QED) is 0.626. The minimum atomic E-state index is -1.69. The van der Waals surface area contributed by atoms with Crippen LogP contribution in [0.2, 0.25) is 0 Å². The van der Waals surface area contributed by atoms with Crippen molar-refractivity contribution >= 4 is 40.8 Å². The number of thioether (sulfide) groups is 1. The largest absolute Gasteiger partial charge is 0.488 e. The number of hydrogen-bond donors (Lipinski definition) is 2. The molecule has 0 aliphatic heterocycles. The van der Waals surface area contributed by atoms with Gasteiger partial charge in [-0.05, 0) is 23.2 Å². The fourth-order valence-corrected chi connectivity index (χ4v) is 3.30. The molecule has 0 amide bonds. The molecule has 20 heavy (non-hydrogen) atoms. The van der Waals surface area contributed by atoms with Gasteiger partial charge in [-0.1, -0.05) is 29.2 Å². The van der Waals surface area contributed by atoms with E-state index in [1.165, 1.54) is 29.2 Å². The third-order valence-electron chi connectivity index (χ3n) is 2.52. The summed E-state index contributed by atoms with van der Waals surface area (Å²) in [7, 11) is 2.08. The Labute approximate surface area is 124 Å². The van der Waals surface area contributed by atoms with Gasteiger partial charge < -0.3 is 14.9 Å². The molecule has 0 radical (unpaired) electrons. The minimum absolute atomic E-state index is 0.176. The molecular formula is C11H13BFN3O2S2. The van der Waals surface area contributed by atoms with Crippen molar-refractivity contribution in [3.05, 3.63) is 29.6 Å². The zero-order chi connectivity index (χ0) is 14.7. The van der Waals surface area contributed by atoms with Crippen LogP contribution in [0.4, 0.5) is 9.52 Å². The second kappa shape index (κ2) is 6.53. The molecular weight excluding hydrogens is 300 g/mol. The predicted molar refractivity (Wildman–Crippen MR) is 80.0 cm³/mol. The van der Waals surface area contributed by atoms with Crippen LogP contribution in [0.1, 0.15) is 5.56 Å². The number of nitrogens with zero attached hydrogens (tertiary/aromatic N) is 3. The van der Waals surface area contributed by atoms with E-state index in [2.05, 4.69) is 10.2 Å². The lowest BCUT2D eigenvalue weighted by molar-refractivity contribution is 0.425. The first-order valence-electron chi connectivity index (χ1n) is 5.75. The van der Waals surface area contributed by atoms with E-state index in [1.54, 1.807) is 6.07 Å². The van der Waals surface area contributed by atoms with Gasteiger partial charge in [0.1, 0.15) is 5.82 Å². The highest BCUT2D eigenvalue weighted by Crippen LogP contribution is 2.29. The molecule has 1 heterocycles. The lowest BCUT2D eigenvalue weighted by Gasteiger charge is -2.07. The first-order valence-corrected chi connectivity index (χ1v) is 7.55. The molecule has 0 bridgehead atoms. The van der Waals surface area contributed by atoms with E-state index in [0.29, 0.717) is 11.3 Å². The summed E-state index contributed by atoms with van der Waals surface area (Å²) in [5, 5.41) is 27.4. The second-order valence-corrected chi connectivity index (χ2v) is 6.43. The van der Waals surface area contributed by atoms with Crippen molar-refractivity contribution in [2.75, 3.05) is 19.0 Å². The lowest BCUT2D eigenvalue weighted by Crippen LogP contribution is -2.33.